The molecule has 0 aliphatic heterocycles. The highest BCUT2D eigenvalue weighted by Gasteiger charge is 2.27. The second-order valence-electron chi connectivity index (χ2n) is 12.8. The molecule has 0 rings (SSSR count). The lowest BCUT2D eigenvalue weighted by Crippen LogP contribution is -2.32. The minimum atomic E-state index is -0.153. The van der Waals surface area contributed by atoms with E-state index in [0.29, 0.717) is 0 Å². The Balaban J connectivity index is 4.19. The normalized spacial score (nSPS) is 12.0. The molecule has 0 aliphatic rings. The van der Waals surface area contributed by atoms with Crippen molar-refractivity contribution in [2.24, 2.45) is 0 Å². The van der Waals surface area contributed by atoms with Gasteiger partial charge in [-0.05, 0) is 32.1 Å². The maximum atomic E-state index is 12.3. The fourth-order valence-electron chi connectivity index (χ4n) is 6.14. The number of hydrogen-bond acceptors (Lipinski definition) is 1. The van der Waals surface area contributed by atoms with Gasteiger partial charge in [0, 0.05) is 6.61 Å². The first-order chi connectivity index (χ1) is 19.2. The fraction of sp³-hybridized carbons (Fsp3) is 1.00. The van der Waals surface area contributed by atoms with Crippen molar-refractivity contribution in [3.8, 4) is 0 Å². The Labute approximate surface area is 247 Å². The van der Waals surface area contributed by atoms with E-state index in [-0.39, 0.29) is 12.3 Å². The molecule has 2 heteroatoms. The van der Waals surface area contributed by atoms with Crippen molar-refractivity contribution in [3.63, 3.8) is 0 Å². The van der Waals surface area contributed by atoms with Crippen molar-refractivity contribution >= 4 is 0 Å². The number of hydrogen-bond donors (Lipinski definition) is 0. The molecule has 0 fully saturated rings. The molecule has 0 saturated heterocycles. The van der Waals surface area contributed by atoms with Crippen LogP contribution in [0.25, 0.3) is 0 Å². The maximum Gasteiger partial charge on any atom is 0.0894 e. The predicted octanol–water partition coefficient (Wildman–Crippen LogP) is 13.9. The van der Waals surface area contributed by atoms with Crippen LogP contribution >= 0.6 is 0 Å². The standard InChI is InChI=1S/C37H75FO/c1-4-7-9-11-13-15-17-19-21-25-29-33-37(6-3,39-36-32-28-24-23-27-31-35-38)34-30-26-22-20-18-16-14-12-10-8-5-2/h4-36H2,1-3H3. The summed E-state index contributed by atoms with van der Waals surface area (Å²) in [6.45, 7) is 7.74. The molecule has 0 amide bonds. The number of ether oxygens (including phenoxy) is 1. The number of unbranched alkanes of at least 4 members (excludes halogenated alkanes) is 25. The van der Waals surface area contributed by atoms with Crippen molar-refractivity contribution in [1.29, 1.82) is 0 Å². The first-order valence-corrected chi connectivity index (χ1v) is 18.4. The molecule has 0 spiro atoms. The maximum absolute atomic E-state index is 12.3. The van der Waals surface area contributed by atoms with Crippen LogP contribution in [0, 0.1) is 0 Å². The predicted molar refractivity (Wildman–Crippen MR) is 175 cm³/mol. The van der Waals surface area contributed by atoms with Crippen LogP contribution in [-0.2, 0) is 4.74 Å². The zero-order valence-corrected chi connectivity index (χ0v) is 27.6. The molecule has 0 aromatic rings. The Hall–Kier alpha value is -0.110. The van der Waals surface area contributed by atoms with E-state index in [0.717, 1.165) is 19.4 Å². The monoisotopic (exact) mass is 555 g/mol. The highest BCUT2D eigenvalue weighted by atomic mass is 19.1. The van der Waals surface area contributed by atoms with Crippen LogP contribution in [0.2, 0.25) is 0 Å². The lowest BCUT2D eigenvalue weighted by Gasteiger charge is -2.34. The lowest BCUT2D eigenvalue weighted by atomic mass is 9.87. The molecule has 39 heavy (non-hydrogen) atoms. The molecule has 0 radical (unpaired) electrons. The molecule has 236 valence electrons. The quantitative estimate of drug-likeness (QED) is 0.0719. The molecule has 0 aromatic carbocycles. The Morgan fingerprint density at radius 2 is 0.692 bits per heavy atom. The summed E-state index contributed by atoms with van der Waals surface area (Å²) < 4.78 is 19.0. The highest BCUT2D eigenvalue weighted by Crippen LogP contribution is 2.31. The molecule has 0 aromatic heterocycles. The van der Waals surface area contributed by atoms with Crippen LogP contribution in [-0.4, -0.2) is 18.9 Å². The number of alkyl halides is 1. The summed E-state index contributed by atoms with van der Waals surface area (Å²) in [4.78, 5) is 0. The van der Waals surface area contributed by atoms with Crippen LogP contribution in [0.15, 0.2) is 0 Å². The van der Waals surface area contributed by atoms with E-state index >= 15 is 0 Å². The molecule has 0 atom stereocenters. The average Bonchev–Trinajstić information content (AvgIpc) is 2.95. The van der Waals surface area contributed by atoms with E-state index < -0.39 is 0 Å². The van der Waals surface area contributed by atoms with E-state index in [1.165, 1.54) is 186 Å². The summed E-state index contributed by atoms with van der Waals surface area (Å²) in [6, 6.07) is 0. The van der Waals surface area contributed by atoms with E-state index in [1.54, 1.807) is 0 Å². The zero-order valence-electron chi connectivity index (χ0n) is 27.6. The summed E-state index contributed by atoms with van der Waals surface area (Å²) >= 11 is 0. The van der Waals surface area contributed by atoms with Crippen LogP contribution in [0.1, 0.15) is 220 Å². The van der Waals surface area contributed by atoms with Crippen molar-refractivity contribution in [2.45, 2.75) is 225 Å². The first kappa shape index (κ1) is 38.9. The Morgan fingerprint density at radius 3 is 1.03 bits per heavy atom. The summed E-state index contributed by atoms with van der Waals surface area (Å²) in [5.74, 6) is 0. The van der Waals surface area contributed by atoms with E-state index in [4.69, 9.17) is 4.74 Å². The van der Waals surface area contributed by atoms with Gasteiger partial charge in [-0.15, -0.1) is 0 Å². The molecule has 0 bridgehead atoms. The largest absolute Gasteiger partial charge is 0.375 e. The summed E-state index contributed by atoms with van der Waals surface area (Å²) in [5, 5.41) is 0. The van der Waals surface area contributed by atoms with Crippen molar-refractivity contribution in [2.75, 3.05) is 13.3 Å². The summed E-state index contributed by atoms with van der Waals surface area (Å²) in [6.07, 6.45) is 41.4. The van der Waals surface area contributed by atoms with Gasteiger partial charge in [-0.25, -0.2) is 0 Å². The van der Waals surface area contributed by atoms with Crippen LogP contribution < -0.4 is 0 Å². The van der Waals surface area contributed by atoms with Crippen molar-refractivity contribution in [1.82, 2.24) is 0 Å². The van der Waals surface area contributed by atoms with E-state index in [9.17, 15) is 4.39 Å². The van der Waals surface area contributed by atoms with Gasteiger partial charge in [0.25, 0.3) is 0 Å². The van der Waals surface area contributed by atoms with Crippen LogP contribution in [0.4, 0.5) is 4.39 Å². The van der Waals surface area contributed by atoms with E-state index in [2.05, 4.69) is 20.8 Å². The molecule has 0 aliphatic carbocycles. The van der Waals surface area contributed by atoms with Gasteiger partial charge in [-0.3, -0.25) is 4.39 Å². The topological polar surface area (TPSA) is 9.23 Å². The van der Waals surface area contributed by atoms with Gasteiger partial charge in [0.2, 0.25) is 0 Å². The first-order valence-electron chi connectivity index (χ1n) is 18.4. The summed E-state index contributed by atoms with van der Waals surface area (Å²) in [7, 11) is 0. The molecule has 0 heterocycles. The third kappa shape index (κ3) is 27.8. The second-order valence-corrected chi connectivity index (χ2v) is 12.8. The third-order valence-corrected chi connectivity index (χ3v) is 9.05. The Bertz CT molecular complexity index is 411. The number of halogens is 1. The summed E-state index contributed by atoms with van der Waals surface area (Å²) in [5.41, 5.74) is 0.118. The SMILES string of the molecule is CCCCCCCCCCCCCC(CC)(CCCCCCCCCCCCC)OCCCCCCCCF. The van der Waals surface area contributed by atoms with Crippen molar-refractivity contribution in [3.05, 3.63) is 0 Å². The van der Waals surface area contributed by atoms with Crippen LogP contribution in [0.5, 0.6) is 0 Å². The average molecular weight is 555 g/mol. The van der Waals surface area contributed by atoms with Crippen molar-refractivity contribution < 1.29 is 9.13 Å². The number of rotatable bonds is 34. The molecule has 0 saturated carbocycles. The van der Waals surface area contributed by atoms with Gasteiger partial charge in [0.15, 0.2) is 0 Å². The second kappa shape index (κ2) is 32.4. The Kier molecular flexibility index (Phi) is 32.3. The van der Waals surface area contributed by atoms with Gasteiger partial charge in [0.1, 0.15) is 0 Å². The van der Waals surface area contributed by atoms with Gasteiger partial charge in [0.05, 0.1) is 12.3 Å². The van der Waals surface area contributed by atoms with Gasteiger partial charge >= 0.3 is 0 Å². The molecule has 1 nitrogen and oxygen atoms in total. The van der Waals surface area contributed by atoms with E-state index in [1.807, 2.05) is 0 Å². The Morgan fingerprint density at radius 1 is 0.385 bits per heavy atom. The molecular formula is C37H75FO. The van der Waals surface area contributed by atoms with Gasteiger partial charge in [-0.2, -0.15) is 0 Å². The smallest absolute Gasteiger partial charge is 0.0894 e. The highest BCUT2D eigenvalue weighted by molar-refractivity contribution is 4.80. The van der Waals surface area contributed by atoms with Crippen LogP contribution in [0.3, 0.4) is 0 Å². The van der Waals surface area contributed by atoms with Gasteiger partial charge < -0.3 is 4.74 Å². The zero-order chi connectivity index (χ0) is 28.5. The molecule has 0 N–H and O–H groups in total. The minimum Gasteiger partial charge on any atom is -0.375 e. The van der Waals surface area contributed by atoms with Gasteiger partial charge in [-0.1, -0.05) is 188 Å². The lowest BCUT2D eigenvalue weighted by molar-refractivity contribution is -0.0648. The minimum absolute atomic E-state index is 0.118. The third-order valence-electron chi connectivity index (χ3n) is 9.05. The molecular weight excluding hydrogens is 479 g/mol. The molecule has 0 unspecified atom stereocenters. The fourth-order valence-corrected chi connectivity index (χ4v) is 6.14.